The van der Waals surface area contributed by atoms with Gasteiger partial charge in [-0.1, -0.05) is 23.8 Å². The Hall–Kier alpha value is -2.33. The number of hydrogen-bond acceptors (Lipinski definition) is 3. The van der Waals surface area contributed by atoms with Crippen LogP contribution < -0.4 is 10.2 Å². The summed E-state index contributed by atoms with van der Waals surface area (Å²) in [4.78, 5) is 17.1. The number of amides is 1. The van der Waals surface area contributed by atoms with Crippen LogP contribution in [0.15, 0.2) is 42.5 Å². The lowest BCUT2D eigenvalue weighted by molar-refractivity contribution is -0.117. The van der Waals surface area contributed by atoms with Gasteiger partial charge in [-0.25, -0.2) is 0 Å². The summed E-state index contributed by atoms with van der Waals surface area (Å²) in [5, 5.41) is 3.04. The lowest BCUT2D eigenvalue weighted by Gasteiger charge is -2.41. The second-order valence-electron chi connectivity index (χ2n) is 7.54. The van der Waals surface area contributed by atoms with E-state index in [1.807, 2.05) is 12.1 Å². The molecule has 1 aliphatic rings. The minimum atomic E-state index is 0.0611. The maximum absolute atomic E-state index is 12.4. The van der Waals surface area contributed by atoms with Gasteiger partial charge in [0.25, 0.3) is 0 Å². The lowest BCUT2D eigenvalue weighted by Crippen LogP contribution is -2.53. The summed E-state index contributed by atoms with van der Waals surface area (Å²) >= 11 is 0. The Labute approximate surface area is 156 Å². The molecule has 1 heterocycles. The normalized spacial score (nSPS) is 18.0. The zero-order chi connectivity index (χ0) is 18.7. The third-order valence-corrected chi connectivity index (χ3v) is 4.95. The van der Waals surface area contributed by atoms with E-state index in [4.69, 9.17) is 0 Å². The van der Waals surface area contributed by atoms with Crippen molar-refractivity contribution < 1.29 is 4.79 Å². The first-order valence-corrected chi connectivity index (χ1v) is 9.34. The smallest absolute Gasteiger partial charge is 0.238 e. The minimum absolute atomic E-state index is 0.0611. The Kier molecular flexibility index (Phi) is 5.62. The molecule has 1 saturated heterocycles. The topological polar surface area (TPSA) is 35.6 Å². The van der Waals surface area contributed by atoms with Crippen LogP contribution >= 0.6 is 0 Å². The van der Waals surface area contributed by atoms with E-state index in [0.29, 0.717) is 12.6 Å². The molecule has 26 heavy (non-hydrogen) atoms. The van der Waals surface area contributed by atoms with Gasteiger partial charge in [-0.3, -0.25) is 9.69 Å². The van der Waals surface area contributed by atoms with E-state index in [-0.39, 0.29) is 5.91 Å². The maximum atomic E-state index is 12.4. The van der Waals surface area contributed by atoms with E-state index < -0.39 is 0 Å². The Morgan fingerprint density at radius 3 is 2.27 bits per heavy atom. The second kappa shape index (κ2) is 7.92. The van der Waals surface area contributed by atoms with Gasteiger partial charge in [-0.05, 0) is 63.1 Å². The Morgan fingerprint density at radius 1 is 1.00 bits per heavy atom. The van der Waals surface area contributed by atoms with Crippen LogP contribution in [0.4, 0.5) is 11.4 Å². The predicted octanol–water partition coefficient (Wildman–Crippen LogP) is 3.76. The van der Waals surface area contributed by atoms with Gasteiger partial charge in [-0.15, -0.1) is 0 Å². The minimum Gasteiger partial charge on any atom is -0.366 e. The number of anilines is 2. The van der Waals surface area contributed by atoms with Crippen LogP contribution in [0.3, 0.4) is 0 Å². The summed E-state index contributed by atoms with van der Waals surface area (Å²) in [5.74, 6) is 0.0611. The van der Waals surface area contributed by atoms with Crippen molar-refractivity contribution in [2.24, 2.45) is 0 Å². The summed E-state index contributed by atoms with van der Waals surface area (Å²) in [7, 11) is 0. The van der Waals surface area contributed by atoms with Crippen LogP contribution in [0, 0.1) is 20.8 Å². The quantitative estimate of drug-likeness (QED) is 0.911. The number of carbonyl (C=O) groups excluding carboxylic acids is 1. The molecule has 4 nitrogen and oxygen atoms in total. The highest BCUT2D eigenvalue weighted by molar-refractivity contribution is 5.92. The number of rotatable bonds is 4. The molecule has 0 saturated carbocycles. The molecule has 1 atom stereocenters. The first-order valence-electron chi connectivity index (χ1n) is 9.34. The number of nitrogens with one attached hydrogen (secondary N) is 1. The summed E-state index contributed by atoms with van der Waals surface area (Å²) in [5.41, 5.74) is 5.77. The van der Waals surface area contributed by atoms with Gasteiger partial charge in [0.05, 0.1) is 6.54 Å². The van der Waals surface area contributed by atoms with E-state index in [9.17, 15) is 4.79 Å². The molecule has 0 aliphatic carbocycles. The molecule has 138 valence electrons. The van der Waals surface area contributed by atoms with Gasteiger partial charge in [0, 0.05) is 37.1 Å². The summed E-state index contributed by atoms with van der Waals surface area (Å²) < 4.78 is 0. The van der Waals surface area contributed by atoms with Gasteiger partial charge in [-0.2, -0.15) is 0 Å². The van der Waals surface area contributed by atoms with Crippen LogP contribution in [0.5, 0.6) is 0 Å². The molecule has 3 rings (SSSR count). The molecule has 2 aromatic rings. The van der Waals surface area contributed by atoms with Gasteiger partial charge < -0.3 is 10.2 Å². The molecule has 4 heteroatoms. The molecule has 0 bridgehead atoms. The number of hydrogen-bond donors (Lipinski definition) is 1. The highest BCUT2D eigenvalue weighted by Gasteiger charge is 2.25. The van der Waals surface area contributed by atoms with E-state index in [0.717, 1.165) is 25.3 Å². The Morgan fingerprint density at radius 2 is 1.65 bits per heavy atom. The number of piperazine rings is 1. The summed E-state index contributed by atoms with van der Waals surface area (Å²) in [6.45, 7) is 11.6. The molecule has 0 radical (unpaired) electrons. The van der Waals surface area contributed by atoms with E-state index in [1.165, 1.54) is 22.4 Å². The van der Waals surface area contributed by atoms with Gasteiger partial charge in [0.2, 0.25) is 5.91 Å². The van der Waals surface area contributed by atoms with E-state index in [2.05, 4.69) is 73.1 Å². The molecule has 0 spiro atoms. The first kappa shape index (κ1) is 18.5. The van der Waals surface area contributed by atoms with Crippen molar-refractivity contribution in [2.75, 3.05) is 36.4 Å². The molecule has 1 aliphatic heterocycles. The van der Waals surface area contributed by atoms with Gasteiger partial charge in [0.1, 0.15) is 0 Å². The van der Waals surface area contributed by atoms with Crippen LogP contribution in [0.25, 0.3) is 0 Å². The van der Waals surface area contributed by atoms with Crippen molar-refractivity contribution >= 4 is 17.3 Å². The third kappa shape index (κ3) is 4.64. The zero-order valence-corrected chi connectivity index (χ0v) is 16.2. The molecule has 1 unspecified atom stereocenters. The van der Waals surface area contributed by atoms with Crippen LogP contribution in [0.1, 0.15) is 23.6 Å². The number of carbonyl (C=O) groups is 1. The number of nitrogens with zero attached hydrogens (tertiary/aromatic N) is 2. The fourth-order valence-electron chi connectivity index (χ4n) is 3.75. The van der Waals surface area contributed by atoms with Crippen molar-refractivity contribution in [3.8, 4) is 0 Å². The van der Waals surface area contributed by atoms with Crippen molar-refractivity contribution in [1.82, 2.24) is 4.90 Å². The SMILES string of the molecule is Cc1ccc(N2CCN(CC(=O)Nc3cc(C)cc(C)c3)CC2C)cc1. The van der Waals surface area contributed by atoms with E-state index in [1.54, 1.807) is 0 Å². The van der Waals surface area contributed by atoms with Crippen LogP contribution in [-0.2, 0) is 4.79 Å². The molecule has 1 amide bonds. The predicted molar refractivity (Wildman–Crippen MR) is 109 cm³/mol. The highest BCUT2D eigenvalue weighted by atomic mass is 16.2. The van der Waals surface area contributed by atoms with Crippen molar-refractivity contribution in [2.45, 2.75) is 33.7 Å². The molecule has 0 aromatic heterocycles. The molecule has 1 fully saturated rings. The number of benzene rings is 2. The maximum Gasteiger partial charge on any atom is 0.238 e. The monoisotopic (exact) mass is 351 g/mol. The Bertz CT molecular complexity index is 749. The third-order valence-electron chi connectivity index (χ3n) is 4.95. The Balaban J connectivity index is 1.55. The van der Waals surface area contributed by atoms with Crippen LogP contribution in [-0.4, -0.2) is 43.0 Å². The summed E-state index contributed by atoms with van der Waals surface area (Å²) in [6.07, 6.45) is 0. The molecular weight excluding hydrogens is 322 g/mol. The van der Waals surface area contributed by atoms with Crippen molar-refractivity contribution in [3.63, 3.8) is 0 Å². The largest absolute Gasteiger partial charge is 0.366 e. The summed E-state index contributed by atoms with van der Waals surface area (Å²) in [6, 6.07) is 15.2. The first-order chi connectivity index (χ1) is 12.4. The second-order valence-corrected chi connectivity index (χ2v) is 7.54. The molecule has 2 aromatic carbocycles. The lowest BCUT2D eigenvalue weighted by atomic mass is 10.1. The van der Waals surface area contributed by atoms with Crippen molar-refractivity contribution in [1.29, 1.82) is 0 Å². The molecular formula is C22H29N3O. The zero-order valence-electron chi connectivity index (χ0n) is 16.2. The average molecular weight is 351 g/mol. The molecule has 1 N–H and O–H groups in total. The fourth-order valence-corrected chi connectivity index (χ4v) is 3.75. The van der Waals surface area contributed by atoms with Crippen molar-refractivity contribution in [3.05, 3.63) is 59.2 Å². The fraction of sp³-hybridized carbons (Fsp3) is 0.409. The number of aryl methyl sites for hydroxylation is 3. The standard InChI is InChI=1S/C22H29N3O/c1-16-5-7-21(8-6-16)25-10-9-24(14-19(25)4)15-22(26)23-20-12-17(2)11-18(3)13-20/h5-8,11-13,19H,9-10,14-15H2,1-4H3,(H,23,26). The highest BCUT2D eigenvalue weighted by Crippen LogP contribution is 2.21. The van der Waals surface area contributed by atoms with Gasteiger partial charge in [0.15, 0.2) is 0 Å². The van der Waals surface area contributed by atoms with Crippen LogP contribution in [0.2, 0.25) is 0 Å². The van der Waals surface area contributed by atoms with Gasteiger partial charge >= 0.3 is 0 Å². The average Bonchev–Trinajstić information content (AvgIpc) is 2.55. The van der Waals surface area contributed by atoms with E-state index >= 15 is 0 Å².